The summed E-state index contributed by atoms with van der Waals surface area (Å²) in [4.78, 5) is 31.0. The lowest BCUT2D eigenvalue weighted by Crippen LogP contribution is -2.23. The number of halogens is 2. The molecule has 4 aromatic rings. The number of pyridine rings is 1. The van der Waals surface area contributed by atoms with Gasteiger partial charge in [-0.3, -0.25) is 10.1 Å². The second kappa shape index (κ2) is 10.00. The van der Waals surface area contributed by atoms with Crippen molar-refractivity contribution in [2.45, 2.75) is 6.04 Å². The van der Waals surface area contributed by atoms with Crippen molar-refractivity contribution in [2.75, 3.05) is 19.0 Å². The maximum atomic E-state index is 11.1. The zero-order valence-corrected chi connectivity index (χ0v) is 19.2. The Kier molecular flexibility index (Phi) is 6.87. The van der Waals surface area contributed by atoms with Gasteiger partial charge in [-0.2, -0.15) is 4.98 Å². The summed E-state index contributed by atoms with van der Waals surface area (Å²) in [6.45, 7) is 0.196. The predicted octanol–water partition coefficient (Wildman–Crippen LogP) is 4.26. The van der Waals surface area contributed by atoms with E-state index in [9.17, 15) is 10.1 Å². The molecule has 1 atom stereocenters. The van der Waals surface area contributed by atoms with Crippen LogP contribution in [0, 0.1) is 10.1 Å². The van der Waals surface area contributed by atoms with Crippen LogP contribution in [0.15, 0.2) is 48.9 Å². The van der Waals surface area contributed by atoms with E-state index in [1.807, 2.05) is 0 Å². The van der Waals surface area contributed by atoms with Gasteiger partial charge in [0.2, 0.25) is 0 Å². The van der Waals surface area contributed by atoms with Gasteiger partial charge in [0.05, 0.1) is 34.4 Å². The molecule has 4 N–H and O–H groups in total. The predicted molar refractivity (Wildman–Crippen MR) is 128 cm³/mol. The summed E-state index contributed by atoms with van der Waals surface area (Å²) in [5, 5.41) is 15.0. The molecule has 34 heavy (non-hydrogen) atoms. The average Bonchev–Trinajstić information content (AvgIpc) is 3.36. The summed E-state index contributed by atoms with van der Waals surface area (Å²) >= 11 is 12.5. The summed E-state index contributed by atoms with van der Waals surface area (Å²) in [5.41, 5.74) is 7.91. The third-order valence-corrected chi connectivity index (χ3v) is 5.36. The zero-order chi connectivity index (χ0) is 24.2. The first kappa shape index (κ1) is 23.4. The molecule has 3 heterocycles. The van der Waals surface area contributed by atoms with Crippen LogP contribution in [0.25, 0.3) is 22.6 Å². The van der Waals surface area contributed by atoms with Gasteiger partial charge in [0.15, 0.2) is 0 Å². The van der Waals surface area contributed by atoms with E-state index in [0.29, 0.717) is 44.3 Å². The molecule has 0 bridgehead atoms. The average molecular weight is 501 g/mol. The highest BCUT2D eigenvalue weighted by molar-refractivity contribution is 6.36. The molecule has 0 saturated carbocycles. The summed E-state index contributed by atoms with van der Waals surface area (Å²) in [7, 11) is 1.31. The second-order valence-corrected chi connectivity index (χ2v) is 7.87. The fourth-order valence-electron chi connectivity index (χ4n) is 3.17. The minimum atomic E-state index is -0.640. The molecule has 11 nitrogen and oxygen atoms in total. The normalized spacial score (nSPS) is 11.8. The molecule has 0 spiro atoms. The minimum Gasteiger partial charge on any atom is -0.476 e. The highest BCUT2D eigenvalue weighted by Crippen LogP contribution is 2.35. The van der Waals surface area contributed by atoms with Crippen molar-refractivity contribution < 1.29 is 9.66 Å². The van der Waals surface area contributed by atoms with Crippen LogP contribution in [0.4, 0.5) is 11.5 Å². The number of nitrogens with one attached hydrogen (secondary N) is 2. The van der Waals surface area contributed by atoms with Gasteiger partial charge < -0.3 is 20.8 Å². The van der Waals surface area contributed by atoms with Gasteiger partial charge in [-0.05, 0) is 24.3 Å². The SMILES string of the molecule is COc1nc(NCC(N)c2ncc(-c3ncc[nH]3)c(-c3ccc(Cl)cc3Cl)n2)ccc1[N+](=O)[O-]. The number of ether oxygens (including phenoxy) is 1. The summed E-state index contributed by atoms with van der Waals surface area (Å²) in [6.07, 6.45) is 4.93. The van der Waals surface area contributed by atoms with E-state index in [0.717, 1.165) is 0 Å². The van der Waals surface area contributed by atoms with Crippen LogP contribution in [-0.2, 0) is 0 Å². The van der Waals surface area contributed by atoms with Crippen molar-refractivity contribution in [2.24, 2.45) is 5.73 Å². The Morgan fingerprint density at radius 2 is 2.03 bits per heavy atom. The van der Waals surface area contributed by atoms with Gasteiger partial charge in [0.1, 0.15) is 17.5 Å². The molecule has 1 aromatic carbocycles. The summed E-state index contributed by atoms with van der Waals surface area (Å²) < 4.78 is 4.99. The van der Waals surface area contributed by atoms with Crippen molar-refractivity contribution in [3.63, 3.8) is 0 Å². The van der Waals surface area contributed by atoms with Crippen molar-refractivity contribution >= 4 is 34.7 Å². The lowest BCUT2D eigenvalue weighted by atomic mass is 10.1. The van der Waals surface area contributed by atoms with Crippen molar-refractivity contribution in [1.29, 1.82) is 0 Å². The van der Waals surface area contributed by atoms with Crippen LogP contribution in [0.5, 0.6) is 5.88 Å². The molecule has 0 amide bonds. The molecule has 3 aromatic heterocycles. The van der Waals surface area contributed by atoms with Crippen LogP contribution >= 0.6 is 23.2 Å². The Labute approximate surface area is 203 Å². The van der Waals surface area contributed by atoms with Crippen LogP contribution in [-0.4, -0.2) is 43.5 Å². The van der Waals surface area contributed by atoms with Crippen LogP contribution < -0.4 is 15.8 Å². The van der Waals surface area contributed by atoms with Gasteiger partial charge in [-0.1, -0.05) is 23.2 Å². The quantitative estimate of drug-likeness (QED) is 0.237. The highest BCUT2D eigenvalue weighted by Gasteiger charge is 2.20. The summed E-state index contributed by atoms with van der Waals surface area (Å²) in [5.74, 6) is 1.16. The van der Waals surface area contributed by atoms with E-state index >= 15 is 0 Å². The summed E-state index contributed by atoms with van der Waals surface area (Å²) in [6, 6.07) is 7.23. The Balaban J connectivity index is 1.62. The lowest BCUT2D eigenvalue weighted by molar-refractivity contribution is -0.386. The van der Waals surface area contributed by atoms with E-state index in [2.05, 4.69) is 30.2 Å². The number of nitrogens with two attached hydrogens (primary N) is 1. The molecule has 0 aliphatic heterocycles. The van der Waals surface area contributed by atoms with Crippen LogP contribution in [0.1, 0.15) is 11.9 Å². The number of hydrogen-bond acceptors (Lipinski definition) is 9. The van der Waals surface area contributed by atoms with Gasteiger partial charge >= 0.3 is 5.69 Å². The number of benzene rings is 1. The molecule has 13 heteroatoms. The largest absolute Gasteiger partial charge is 0.476 e. The monoisotopic (exact) mass is 500 g/mol. The maximum Gasteiger partial charge on any atom is 0.331 e. The number of aromatic nitrogens is 5. The first-order chi connectivity index (χ1) is 16.4. The number of hydrogen-bond donors (Lipinski definition) is 3. The molecule has 0 radical (unpaired) electrons. The number of H-pyrrole nitrogens is 1. The Bertz CT molecular complexity index is 1330. The first-order valence-corrected chi connectivity index (χ1v) is 10.6. The smallest absolute Gasteiger partial charge is 0.331 e. The molecule has 4 rings (SSSR count). The minimum absolute atomic E-state index is 0.109. The van der Waals surface area contributed by atoms with Gasteiger partial charge in [-0.15, -0.1) is 0 Å². The third-order valence-electron chi connectivity index (χ3n) is 4.81. The van der Waals surface area contributed by atoms with E-state index in [1.54, 1.807) is 36.8 Å². The highest BCUT2D eigenvalue weighted by atomic mass is 35.5. The molecule has 0 aliphatic rings. The van der Waals surface area contributed by atoms with Crippen molar-refractivity contribution in [3.8, 4) is 28.5 Å². The number of rotatable bonds is 8. The number of anilines is 1. The Morgan fingerprint density at radius 1 is 1.21 bits per heavy atom. The zero-order valence-electron chi connectivity index (χ0n) is 17.7. The lowest BCUT2D eigenvalue weighted by Gasteiger charge is -2.15. The van der Waals surface area contributed by atoms with Gasteiger partial charge in [0.25, 0.3) is 5.88 Å². The van der Waals surface area contributed by atoms with Gasteiger partial charge in [0, 0.05) is 41.8 Å². The van der Waals surface area contributed by atoms with Gasteiger partial charge in [-0.25, -0.2) is 15.0 Å². The molecule has 174 valence electrons. The van der Waals surface area contributed by atoms with Crippen molar-refractivity contribution in [3.05, 3.63) is 74.9 Å². The first-order valence-electron chi connectivity index (χ1n) is 9.88. The third kappa shape index (κ3) is 4.91. The number of imidazole rings is 1. The number of aromatic amines is 1. The fraction of sp³-hybridized carbons (Fsp3) is 0.143. The number of methoxy groups -OCH3 is 1. The number of nitro groups is 1. The van der Waals surface area contributed by atoms with Crippen LogP contribution in [0.3, 0.4) is 0 Å². The Morgan fingerprint density at radius 3 is 2.71 bits per heavy atom. The molecular weight excluding hydrogens is 483 g/mol. The maximum absolute atomic E-state index is 11.1. The van der Waals surface area contributed by atoms with Crippen LogP contribution in [0.2, 0.25) is 10.0 Å². The Hall–Kier alpha value is -3.80. The van der Waals surface area contributed by atoms with E-state index in [-0.39, 0.29) is 18.1 Å². The topological polar surface area (TPSA) is 158 Å². The van der Waals surface area contributed by atoms with E-state index in [4.69, 9.17) is 33.7 Å². The second-order valence-electron chi connectivity index (χ2n) is 7.02. The molecule has 0 fully saturated rings. The van der Waals surface area contributed by atoms with E-state index < -0.39 is 11.0 Å². The van der Waals surface area contributed by atoms with Crippen molar-refractivity contribution in [1.82, 2.24) is 24.9 Å². The standard InChI is InChI=1S/C21H18Cl2N8O3/c1-34-21-16(31(32)33)4-5-17(29-21)27-10-15(24)20-28-9-13(19-25-6-7-26-19)18(30-20)12-3-2-11(22)8-14(12)23/h2-9,15H,10,24H2,1H3,(H,25,26)(H,27,29). The molecular formula is C21H18Cl2N8O3. The molecule has 0 aliphatic carbocycles. The fourth-order valence-corrected chi connectivity index (χ4v) is 3.67. The molecule has 1 unspecified atom stereocenters. The molecule has 0 saturated heterocycles. The van der Waals surface area contributed by atoms with E-state index in [1.165, 1.54) is 19.2 Å². The number of nitrogens with zero attached hydrogens (tertiary/aromatic N) is 5.